The molecule has 0 bridgehead atoms. The van der Waals surface area contributed by atoms with Crippen molar-refractivity contribution in [2.45, 2.75) is 12.5 Å². The first-order valence-corrected chi connectivity index (χ1v) is 11.2. The molecule has 0 fully saturated rings. The minimum absolute atomic E-state index is 0.222. The third-order valence-electron chi connectivity index (χ3n) is 5.59. The molecule has 8 heteroatoms. The summed E-state index contributed by atoms with van der Waals surface area (Å²) in [5.41, 5.74) is 4.36. The first kappa shape index (κ1) is 23.7. The number of nitrogens with one attached hydrogen (secondary N) is 2. The van der Waals surface area contributed by atoms with Gasteiger partial charge in [-0.05, 0) is 53.9 Å². The Kier molecular flexibility index (Phi) is 7.50. The first-order valence-electron chi connectivity index (χ1n) is 11.2. The van der Waals surface area contributed by atoms with Crippen LogP contribution in [0.1, 0.15) is 22.7 Å². The normalized spacial score (nSPS) is 11.5. The van der Waals surface area contributed by atoms with Gasteiger partial charge in [0.1, 0.15) is 17.6 Å². The summed E-state index contributed by atoms with van der Waals surface area (Å²) in [4.78, 5) is 17.7. The fourth-order valence-electron chi connectivity index (χ4n) is 3.70. The molecule has 2 heterocycles. The number of amides is 1. The van der Waals surface area contributed by atoms with Crippen LogP contribution < -0.4 is 15.4 Å². The van der Waals surface area contributed by atoms with Crippen LogP contribution in [0.3, 0.4) is 0 Å². The Morgan fingerprint density at radius 1 is 1.11 bits per heavy atom. The van der Waals surface area contributed by atoms with E-state index in [2.05, 4.69) is 26.8 Å². The van der Waals surface area contributed by atoms with Crippen molar-refractivity contribution in [2.24, 2.45) is 7.05 Å². The predicted octanol–water partition coefficient (Wildman–Crippen LogP) is 3.87. The van der Waals surface area contributed by atoms with Crippen molar-refractivity contribution in [1.29, 1.82) is 5.26 Å². The van der Waals surface area contributed by atoms with Crippen molar-refractivity contribution < 1.29 is 9.53 Å². The zero-order valence-corrected chi connectivity index (χ0v) is 19.6. The molecule has 1 atom stereocenters. The topological polar surface area (TPSA) is 105 Å². The standard InChI is InChI=1S/C27H26N6O2/c1-33-18-23(17-31-33)22-10-11-25(30-16-22)32-27(34)26(21-4-3-5-24(14-21)35-2)29-13-12-19-6-8-20(15-28)9-7-19/h3-11,14,16-18,26,29H,12-13H2,1-2H3,(H,30,32,34)/t26-/m0/s1. The fraction of sp³-hybridized carbons (Fsp3) is 0.185. The average Bonchev–Trinajstić information content (AvgIpc) is 3.33. The molecular formula is C27H26N6O2. The molecule has 0 saturated heterocycles. The number of hydrogen-bond donors (Lipinski definition) is 2. The molecule has 35 heavy (non-hydrogen) atoms. The molecule has 1 amide bonds. The Bertz CT molecular complexity index is 1320. The van der Waals surface area contributed by atoms with Crippen LogP contribution >= 0.6 is 0 Å². The molecule has 4 rings (SSSR count). The maximum absolute atomic E-state index is 13.3. The van der Waals surface area contributed by atoms with Gasteiger partial charge in [-0.2, -0.15) is 10.4 Å². The highest BCUT2D eigenvalue weighted by molar-refractivity contribution is 5.95. The molecule has 176 valence electrons. The number of rotatable bonds is 9. The Morgan fingerprint density at radius 2 is 1.94 bits per heavy atom. The van der Waals surface area contributed by atoms with Gasteiger partial charge < -0.3 is 15.4 Å². The second kappa shape index (κ2) is 11.1. The molecule has 8 nitrogen and oxygen atoms in total. The number of carbonyl (C=O) groups excluding carboxylic acids is 1. The maximum Gasteiger partial charge on any atom is 0.247 e. The first-order chi connectivity index (χ1) is 17.1. The number of pyridine rings is 1. The van der Waals surface area contributed by atoms with Crippen molar-refractivity contribution in [3.63, 3.8) is 0 Å². The molecular weight excluding hydrogens is 440 g/mol. The van der Waals surface area contributed by atoms with Crippen LogP contribution in [0.5, 0.6) is 5.75 Å². The van der Waals surface area contributed by atoms with Gasteiger partial charge in [0.05, 0.1) is 24.9 Å². The summed E-state index contributed by atoms with van der Waals surface area (Å²) >= 11 is 0. The number of aromatic nitrogens is 3. The highest BCUT2D eigenvalue weighted by Gasteiger charge is 2.21. The van der Waals surface area contributed by atoms with Gasteiger partial charge in [-0.25, -0.2) is 4.98 Å². The Labute approximate surface area is 204 Å². The molecule has 2 N–H and O–H groups in total. The van der Waals surface area contributed by atoms with E-state index in [-0.39, 0.29) is 5.91 Å². The third-order valence-corrected chi connectivity index (χ3v) is 5.59. The number of benzene rings is 2. The smallest absolute Gasteiger partial charge is 0.247 e. The van der Waals surface area contributed by atoms with Crippen molar-refractivity contribution in [1.82, 2.24) is 20.1 Å². The van der Waals surface area contributed by atoms with Crippen LogP contribution in [0, 0.1) is 11.3 Å². The number of methoxy groups -OCH3 is 1. The predicted molar refractivity (Wildman–Crippen MR) is 134 cm³/mol. The third kappa shape index (κ3) is 6.10. The number of anilines is 1. The highest BCUT2D eigenvalue weighted by atomic mass is 16.5. The van der Waals surface area contributed by atoms with Crippen LogP contribution in [0.2, 0.25) is 0 Å². The molecule has 0 aliphatic rings. The fourth-order valence-corrected chi connectivity index (χ4v) is 3.70. The van der Waals surface area contributed by atoms with Crippen molar-refractivity contribution in [2.75, 3.05) is 19.0 Å². The lowest BCUT2D eigenvalue weighted by Gasteiger charge is -2.19. The van der Waals surface area contributed by atoms with Crippen LogP contribution in [0.4, 0.5) is 5.82 Å². The lowest BCUT2D eigenvalue weighted by atomic mass is 10.0. The van der Waals surface area contributed by atoms with E-state index < -0.39 is 6.04 Å². The van der Waals surface area contributed by atoms with E-state index in [1.165, 1.54) is 0 Å². The molecule has 2 aromatic heterocycles. The number of aryl methyl sites for hydroxylation is 1. The molecule has 0 spiro atoms. The van der Waals surface area contributed by atoms with Crippen molar-refractivity contribution in [3.8, 4) is 22.9 Å². The van der Waals surface area contributed by atoms with Gasteiger partial charge in [0.2, 0.25) is 5.91 Å². The van der Waals surface area contributed by atoms with Gasteiger partial charge in [0, 0.05) is 37.1 Å². The zero-order chi connectivity index (χ0) is 24.6. The number of nitrogens with zero attached hydrogens (tertiary/aromatic N) is 4. The minimum Gasteiger partial charge on any atom is -0.497 e. The summed E-state index contributed by atoms with van der Waals surface area (Å²) in [7, 11) is 3.46. The highest BCUT2D eigenvalue weighted by Crippen LogP contribution is 2.22. The minimum atomic E-state index is -0.608. The molecule has 0 saturated carbocycles. The monoisotopic (exact) mass is 466 g/mol. The SMILES string of the molecule is COc1cccc([C@H](NCCc2ccc(C#N)cc2)C(=O)Nc2ccc(-c3cnn(C)c3)cn2)c1. The average molecular weight is 467 g/mol. The molecule has 2 aromatic carbocycles. The van der Waals surface area contributed by atoms with E-state index in [0.29, 0.717) is 30.1 Å². The molecule has 0 aliphatic carbocycles. The number of carbonyl (C=O) groups is 1. The summed E-state index contributed by atoms with van der Waals surface area (Å²) in [6, 6.07) is 20.1. The van der Waals surface area contributed by atoms with Crippen LogP contribution in [0.15, 0.2) is 79.3 Å². The number of nitriles is 1. The van der Waals surface area contributed by atoms with E-state index in [1.54, 1.807) is 42.4 Å². The van der Waals surface area contributed by atoms with Crippen molar-refractivity contribution >= 4 is 11.7 Å². The van der Waals surface area contributed by atoms with Crippen LogP contribution in [-0.4, -0.2) is 34.3 Å². The summed E-state index contributed by atoms with van der Waals surface area (Å²) in [5.74, 6) is 0.914. The van der Waals surface area contributed by atoms with E-state index in [0.717, 1.165) is 22.3 Å². The van der Waals surface area contributed by atoms with Gasteiger partial charge in [-0.3, -0.25) is 9.48 Å². The molecule has 0 radical (unpaired) electrons. The van der Waals surface area contributed by atoms with Crippen LogP contribution in [0.25, 0.3) is 11.1 Å². The molecule has 4 aromatic rings. The number of ether oxygens (including phenoxy) is 1. The summed E-state index contributed by atoms with van der Waals surface area (Å²) in [5, 5.41) is 19.4. The van der Waals surface area contributed by atoms with E-state index in [1.807, 2.05) is 55.7 Å². The van der Waals surface area contributed by atoms with Gasteiger partial charge >= 0.3 is 0 Å². The lowest BCUT2D eigenvalue weighted by Crippen LogP contribution is -2.34. The quantitative estimate of drug-likeness (QED) is 0.388. The van der Waals surface area contributed by atoms with E-state index >= 15 is 0 Å². The van der Waals surface area contributed by atoms with Gasteiger partial charge in [-0.1, -0.05) is 24.3 Å². The Morgan fingerprint density at radius 3 is 2.60 bits per heavy atom. The maximum atomic E-state index is 13.3. The lowest BCUT2D eigenvalue weighted by molar-refractivity contribution is -0.118. The Balaban J connectivity index is 1.47. The largest absolute Gasteiger partial charge is 0.497 e. The zero-order valence-electron chi connectivity index (χ0n) is 19.6. The summed E-state index contributed by atoms with van der Waals surface area (Å²) < 4.78 is 7.08. The molecule has 0 aliphatic heterocycles. The van der Waals surface area contributed by atoms with Crippen LogP contribution in [-0.2, 0) is 18.3 Å². The summed E-state index contributed by atoms with van der Waals surface area (Å²) in [6.07, 6.45) is 6.10. The second-order valence-corrected chi connectivity index (χ2v) is 8.05. The van der Waals surface area contributed by atoms with Crippen molar-refractivity contribution in [3.05, 3.63) is 95.9 Å². The Hall–Kier alpha value is -4.48. The van der Waals surface area contributed by atoms with Gasteiger partial charge in [-0.15, -0.1) is 0 Å². The van der Waals surface area contributed by atoms with Gasteiger partial charge in [0.15, 0.2) is 0 Å². The second-order valence-electron chi connectivity index (χ2n) is 8.05. The molecule has 0 unspecified atom stereocenters. The van der Waals surface area contributed by atoms with E-state index in [4.69, 9.17) is 10.00 Å². The number of hydrogen-bond acceptors (Lipinski definition) is 6. The summed E-state index contributed by atoms with van der Waals surface area (Å²) in [6.45, 7) is 0.564. The van der Waals surface area contributed by atoms with Gasteiger partial charge in [0.25, 0.3) is 0 Å². The van der Waals surface area contributed by atoms with E-state index in [9.17, 15) is 4.79 Å².